The van der Waals surface area contributed by atoms with Gasteiger partial charge in [-0.25, -0.2) is 0 Å². The Kier molecular flexibility index (Phi) is 3.20. The van der Waals surface area contributed by atoms with E-state index in [0.717, 1.165) is 13.1 Å². The molecule has 0 spiro atoms. The third kappa shape index (κ3) is 2.09. The second-order valence-corrected chi connectivity index (χ2v) is 5.61. The van der Waals surface area contributed by atoms with Crippen molar-refractivity contribution in [3.05, 3.63) is 49.8 Å². The number of hydrogen-bond donors (Lipinski definition) is 1. The molecule has 21 heavy (non-hydrogen) atoms. The van der Waals surface area contributed by atoms with Crippen molar-refractivity contribution in [3.63, 3.8) is 0 Å². The lowest BCUT2D eigenvalue weighted by molar-refractivity contribution is 0.649. The van der Waals surface area contributed by atoms with Gasteiger partial charge in [0, 0.05) is 31.9 Å². The predicted molar refractivity (Wildman–Crippen MR) is 86.1 cm³/mol. The zero-order chi connectivity index (χ0) is 15.1. The second-order valence-electron chi connectivity index (χ2n) is 5.61. The Balaban J connectivity index is 1.75. The Bertz CT molecular complexity index is 751. The van der Waals surface area contributed by atoms with Crippen LogP contribution in [0.4, 0.5) is 17.1 Å². The zero-order valence-electron chi connectivity index (χ0n) is 12.3. The van der Waals surface area contributed by atoms with E-state index in [2.05, 4.69) is 36.9 Å². The van der Waals surface area contributed by atoms with E-state index in [1.165, 1.54) is 16.8 Å². The summed E-state index contributed by atoms with van der Waals surface area (Å²) in [7, 11) is 0. The highest BCUT2D eigenvalue weighted by Gasteiger charge is 2.27. The number of anilines is 3. The average molecular weight is 285 g/mol. The Morgan fingerprint density at radius 1 is 0.952 bits per heavy atom. The van der Waals surface area contributed by atoms with E-state index in [1.807, 2.05) is 4.90 Å². The van der Waals surface area contributed by atoms with E-state index in [1.54, 1.807) is 0 Å². The van der Waals surface area contributed by atoms with Crippen LogP contribution in [0.3, 0.4) is 0 Å². The molecule has 5 heteroatoms. The summed E-state index contributed by atoms with van der Waals surface area (Å²) >= 11 is 0. The Morgan fingerprint density at radius 2 is 1.57 bits per heavy atom. The monoisotopic (exact) mass is 285 g/mol. The van der Waals surface area contributed by atoms with Crippen LogP contribution in [0.15, 0.2) is 27.8 Å². The highest BCUT2D eigenvalue weighted by Crippen LogP contribution is 2.25. The summed E-state index contributed by atoms with van der Waals surface area (Å²) < 4.78 is 0. The second kappa shape index (κ2) is 4.91. The van der Waals surface area contributed by atoms with E-state index >= 15 is 0 Å². The molecule has 1 fully saturated rings. The number of hydrogen-bond acceptors (Lipinski definition) is 5. The fourth-order valence-corrected chi connectivity index (χ4v) is 2.96. The summed E-state index contributed by atoms with van der Waals surface area (Å²) in [5.41, 5.74) is 9.01. The molecule has 0 bridgehead atoms. The fraction of sp³-hybridized carbons (Fsp3) is 0.375. The maximum absolute atomic E-state index is 11.6. The molecule has 2 aromatic rings. The molecule has 0 atom stereocenters. The van der Waals surface area contributed by atoms with Gasteiger partial charge in [-0.3, -0.25) is 9.59 Å². The third-order valence-corrected chi connectivity index (χ3v) is 4.43. The Labute approximate surface area is 123 Å². The van der Waals surface area contributed by atoms with Crippen LogP contribution in [0.1, 0.15) is 11.1 Å². The normalized spacial score (nSPS) is 15.7. The zero-order valence-corrected chi connectivity index (χ0v) is 12.3. The van der Waals surface area contributed by atoms with Crippen LogP contribution >= 0.6 is 0 Å². The number of piperazine rings is 1. The molecule has 2 aromatic carbocycles. The van der Waals surface area contributed by atoms with E-state index in [4.69, 9.17) is 5.73 Å². The average Bonchev–Trinajstić information content (AvgIpc) is 2.51. The minimum Gasteiger partial charge on any atom is -0.394 e. The van der Waals surface area contributed by atoms with Gasteiger partial charge in [0.15, 0.2) is 0 Å². The van der Waals surface area contributed by atoms with Gasteiger partial charge in [-0.1, -0.05) is 12.1 Å². The van der Waals surface area contributed by atoms with Crippen molar-refractivity contribution in [1.29, 1.82) is 0 Å². The number of nitrogens with two attached hydrogens (primary N) is 1. The molecule has 1 aliphatic heterocycles. The molecule has 0 aromatic heterocycles. The van der Waals surface area contributed by atoms with Gasteiger partial charge < -0.3 is 15.5 Å². The molecule has 2 N–H and O–H groups in total. The summed E-state index contributed by atoms with van der Waals surface area (Å²) in [6.45, 7) is 7.31. The molecular weight excluding hydrogens is 266 g/mol. The van der Waals surface area contributed by atoms with Crippen LogP contribution in [0.25, 0.3) is 0 Å². The third-order valence-electron chi connectivity index (χ3n) is 4.43. The van der Waals surface area contributed by atoms with Gasteiger partial charge in [0.05, 0.1) is 0 Å². The lowest BCUT2D eigenvalue weighted by Crippen LogP contribution is -2.51. The van der Waals surface area contributed by atoms with E-state index < -0.39 is 10.9 Å². The van der Waals surface area contributed by atoms with Crippen molar-refractivity contribution >= 4 is 17.1 Å². The summed E-state index contributed by atoms with van der Waals surface area (Å²) in [5.74, 6) is 0. The standard InChI is InChI=1S/C16H19N3O2/c1-10-4-3-5-12(11(10)2)18-6-8-19(9-7-18)14-13(17)15(20)16(14)21/h3-5H,6-9,17H2,1-2H3. The largest absolute Gasteiger partial charge is 0.394 e. The first-order valence-corrected chi connectivity index (χ1v) is 7.15. The molecule has 3 rings (SSSR count). The maximum atomic E-state index is 11.6. The van der Waals surface area contributed by atoms with Gasteiger partial charge in [0.2, 0.25) is 0 Å². The summed E-state index contributed by atoms with van der Waals surface area (Å²) in [4.78, 5) is 27.0. The molecule has 0 amide bonds. The Hall–Kier alpha value is -2.30. The van der Waals surface area contributed by atoms with E-state index in [9.17, 15) is 9.59 Å². The van der Waals surface area contributed by atoms with Gasteiger partial charge in [-0.05, 0) is 31.0 Å². The minimum atomic E-state index is -0.540. The molecule has 1 heterocycles. The first-order valence-electron chi connectivity index (χ1n) is 7.15. The Morgan fingerprint density at radius 3 is 2.19 bits per heavy atom. The van der Waals surface area contributed by atoms with E-state index in [0.29, 0.717) is 18.8 Å². The van der Waals surface area contributed by atoms with Crippen molar-refractivity contribution in [3.8, 4) is 0 Å². The van der Waals surface area contributed by atoms with Crippen LogP contribution in [-0.4, -0.2) is 26.2 Å². The fourth-order valence-electron chi connectivity index (χ4n) is 2.96. The van der Waals surface area contributed by atoms with Crippen molar-refractivity contribution < 1.29 is 0 Å². The number of nitrogens with zero attached hydrogens (tertiary/aromatic N) is 2. The molecule has 0 radical (unpaired) electrons. The molecule has 0 aliphatic carbocycles. The van der Waals surface area contributed by atoms with Crippen LogP contribution in [0, 0.1) is 13.8 Å². The lowest BCUT2D eigenvalue weighted by Gasteiger charge is -2.38. The molecule has 5 nitrogen and oxygen atoms in total. The summed E-state index contributed by atoms with van der Waals surface area (Å²) in [6, 6.07) is 6.31. The highest BCUT2D eigenvalue weighted by molar-refractivity contribution is 5.73. The molecule has 0 unspecified atom stereocenters. The van der Waals surface area contributed by atoms with Crippen molar-refractivity contribution in [2.75, 3.05) is 41.7 Å². The van der Waals surface area contributed by atoms with Gasteiger partial charge in [-0.2, -0.15) is 0 Å². The molecule has 1 aliphatic rings. The van der Waals surface area contributed by atoms with Gasteiger partial charge >= 0.3 is 0 Å². The van der Waals surface area contributed by atoms with Crippen LogP contribution < -0.4 is 26.4 Å². The molecule has 110 valence electrons. The first kappa shape index (κ1) is 13.7. The smallest absolute Gasteiger partial charge is 0.253 e. The van der Waals surface area contributed by atoms with E-state index in [-0.39, 0.29) is 5.69 Å². The quantitative estimate of drug-likeness (QED) is 0.827. The topological polar surface area (TPSA) is 66.6 Å². The highest BCUT2D eigenvalue weighted by atomic mass is 16.2. The van der Waals surface area contributed by atoms with Gasteiger partial charge in [-0.15, -0.1) is 0 Å². The van der Waals surface area contributed by atoms with Crippen molar-refractivity contribution in [2.45, 2.75) is 13.8 Å². The van der Waals surface area contributed by atoms with Crippen LogP contribution in [0.2, 0.25) is 0 Å². The van der Waals surface area contributed by atoms with Gasteiger partial charge in [0.1, 0.15) is 11.4 Å². The van der Waals surface area contributed by atoms with Crippen molar-refractivity contribution in [1.82, 2.24) is 0 Å². The molecule has 1 saturated heterocycles. The molecular formula is C16H19N3O2. The van der Waals surface area contributed by atoms with Crippen molar-refractivity contribution in [2.24, 2.45) is 0 Å². The van der Waals surface area contributed by atoms with Crippen LogP contribution in [0.5, 0.6) is 0 Å². The number of rotatable bonds is 2. The van der Waals surface area contributed by atoms with Gasteiger partial charge in [0.25, 0.3) is 10.9 Å². The minimum absolute atomic E-state index is 0.125. The number of nitrogen functional groups attached to an aromatic ring is 1. The number of benzene rings is 1. The first-order chi connectivity index (χ1) is 10.0. The number of aryl methyl sites for hydroxylation is 1. The summed E-state index contributed by atoms with van der Waals surface area (Å²) in [5, 5.41) is 0. The lowest BCUT2D eigenvalue weighted by atomic mass is 10.1. The van der Waals surface area contributed by atoms with Crippen LogP contribution in [-0.2, 0) is 0 Å². The SMILES string of the molecule is Cc1cccc(N2CCN(c3c(N)c(=O)c3=O)CC2)c1C. The summed E-state index contributed by atoms with van der Waals surface area (Å²) in [6.07, 6.45) is 0. The molecule has 0 saturated carbocycles. The predicted octanol–water partition coefficient (Wildman–Crippen LogP) is 0.808. The maximum Gasteiger partial charge on any atom is 0.253 e.